The Kier molecular flexibility index (Phi) is 6.47. The van der Waals surface area contributed by atoms with E-state index in [0.717, 1.165) is 38.5 Å². The molecule has 3 aromatic rings. The molecule has 0 saturated heterocycles. The van der Waals surface area contributed by atoms with Gasteiger partial charge in [0, 0.05) is 18.4 Å². The van der Waals surface area contributed by atoms with Crippen molar-refractivity contribution in [1.29, 1.82) is 0 Å². The zero-order chi connectivity index (χ0) is 23.7. The predicted octanol–water partition coefficient (Wildman–Crippen LogP) is 5.61. The molecule has 3 aromatic heterocycles. The molecule has 2 fully saturated rings. The molecule has 34 heavy (non-hydrogen) atoms. The van der Waals surface area contributed by atoms with E-state index < -0.39 is 18.0 Å². The summed E-state index contributed by atoms with van der Waals surface area (Å²) in [6.45, 7) is 2.20. The zero-order valence-corrected chi connectivity index (χ0v) is 19.4. The van der Waals surface area contributed by atoms with Crippen LogP contribution in [0.25, 0.3) is 5.65 Å². The highest BCUT2D eigenvalue weighted by atomic mass is 19.3. The summed E-state index contributed by atoms with van der Waals surface area (Å²) in [5, 5.41) is 14.4. The molecule has 10 heteroatoms. The maximum Gasteiger partial charge on any atom is 0.284 e. The van der Waals surface area contributed by atoms with Gasteiger partial charge >= 0.3 is 0 Å². The van der Waals surface area contributed by atoms with Crippen LogP contribution in [0.1, 0.15) is 93.2 Å². The standard InChI is InChI=1S/C24H31F2N7O/c1-15-7-9-17(10-8-15)33-14-19(21(31-33)22(25)26)29-24(34)18-13-27-32-12-11-20(30-23(18)32)28-16-5-3-2-4-6-16/h11-17,22H,2-10H2,1H3,(H,28,30)(H,29,34)/t15-,17-. The molecule has 2 aliphatic carbocycles. The number of anilines is 2. The number of rotatable bonds is 6. The number of nitrogens with zero attached hydrogens (tertiary/aromatic N) is 5. The summed E-state index contributed by atoms with van der Waals surface area (Å²) in [7, 11) is 0. The number of halogens is 2. The van der Waals surface area contributed by atoms with Crippen LogP contribution in [0.2, 0.25) is 0 Å². The SMILES string of the molecule is C[C@H]1CC[C@H](n2cc(NC(=O)c3cnn4ccc(NC5CCCCC5)nc34)c(C(F)F)n2)CC1. The van der Waals surface area contributed by atoms with E-state index in [1.807, 2.05) is 6.07 Å². The fourth-order valence-electron chi connectivity index (χ4n) is 5.11. The Morgan fingerprint density at radius 3 is 2.62 bits per heavy atom. The van der Waals surface area contributed by atoms with Crippen LogP contribution in [0.5, 0.6) is 0 Å². The second-order valence-electron chi connectivity index (χ2n) is 9.70. The third-order valence-electron chi connectivity index (χ3n) is 7.15. The number of carbonyl (C=O) groups is 1. The van der Waals surface area contributed by atoms with Gasteiger partial charge in [-0.15, -0.1) is 0 Å². The number of carbonyl (C=O) groups excluding carboxylic acids is 1. The van der Waals surface area contributed by atoms with E-state index in [0.29, 0.717) is 23.4 Å². The lowest BCUT2D eigenvalue weighted by Crippen LogP contribution is -2.23. The van der Waals surface area contributed by atoms with Crippen LogP contribution in [0.4, 0.5) is 20.3 Å². The first-order valence-electron chi connectivity index (χ1n) is 12.3. The first-order chi connectivity index (χ1) is 16.5. The van der Waals surface area contributed by atoms with Gasteiger partial charge in [-0.25, -0.2) is 18.3 Å². The summed E-state index contributed by atoms with van der Waals surface area (Å²) in [5.74, 6) is 0.791. The number of alkyl halides is 2. The molecule has 0 aliphatic heterocycles. The molecule has 2 saturated carbocycles. The van der Waals surface area contributed by atoms with E-state index >= 15 is 0 Å². The van der Waals surface area contributed by atoms with Crippen molar-refractivity contribution >= 4 is 23.1 Å². The first kappa shape index (κ1) is 22.7. The second kappa shape index (κ2) is 9.68. The molecule has 2 aliphatic rings. The third-order valence-corrected chi connectivity index (χ3v) is 7.15. The van der Waals surface area contributed by atoms with Crippen molar-refractivity contribution in [2.45, 2.75) is 83.2 Å². The molecule has 0 atom stereocenters. The molecule has 0 aromatic carbocycles. The minimum absolute atomic E-state index is 0.0365. The first-order valence-corrected chi connectivity index (χ1v) is 12.3. The fourth-order valence-corrected chi connectivity index (χ4v) is 5.11. The molecular weight excluding hydrogens is 440 g/mol. The largest absolute Gasteiger partial charge is 0.367 e. The van der Waals surface area contributed by atoms with E-state index in [9.17, 15) is 13.6 Å². The third kappa shape index (κ3) is 4.76. The van der Waals surface area contributed by atoms with Crippen molar-refractivity contribution in [3.63, 3.8) is 0 Å². The normalized spacial score (nSPS) is 21.8. The number of aromatic nitrogens is 5. The lowest BCUT2D eigenvalue weighted by molar-refractivity contribution is 0.102. The van der Waals surface area contributed by atoms with E-state index in [1.165, 1.54) is 36.2 Å². The highest BCUT2D eigenvalue weighted by Crippen LogP contribution is 2.34. The Hall–Kier alpha value is -3.04. The van der Waals surface area contributed by atoms with Gasteiger partial charge in [-0.2, -0.15) is 10.2 Å². The van der Waals surface area contributed by atoms with Crippen molar-refractivity contribution in [3.05, 3.63) is 35.9 Å². The van der Waals surface area contributed by atoms with Gasteiger partial charge in [0.1, 0.15) is 11.4 Å². The van der Waals surface area contributed by atoms with Gasteiger partial charge in [0.15, 0.2) is 11.3 Å². The lowest BCUT2D eigenvalue weighted by Gasteiger charge is -2.26. The molecule has 3 heterocycles. The highest BCUT2D eigenvalue weighted by molar-refractivity contribution is 6.08. The Labute approximate surface area is 197 Å². The Morgan fingerprint density at radius 1 is 1.12 bits per heavy atom. The average Bonchev–Trinajstić information content (AvgIpc) is 3.44. The van der Waals surface area contributed by atoms with Gasteiger partial charge in [0.25, 0.3) is 12.3 Å². The van der Waals surface area contributed by atoms with E-state index in [2.05, 4.69) is 32.7 Å². The maximum absolute atomic E-state index is 13.7. The van der Waals surface area contributed by atoms with Crippen molar-refractivity contribution < 1.29 is 13.6 Å². The van der Waals surface area contributed by atoms with Crippen LogP contribution in [0.15, 0.2) is 24.7 Å². The molecule has 0 bridgehead atoms. The van der Waals surface area contributed by atoms with Crippen molar-refractivity contribution in [2.24, 2.45) is 5.92 Å². The average molecular weight is 472 g/mol. The quantitative estimate of drug-likeness (QED) is 0.488. The Balaban J connectivity index is 1.36. The number of fused-ring (bicyclic) bond motifs is 1. The minimum Gasteiger partial charge on any atom is -0.367 e. The van der Waals surface area contributed by atoms with Crippen LogP contribution in [0, 0.1) is 5.92 Å². The second-order valence-corrected chi connectivity index (χ2v) is 9.70. The van der Waals surface area contributed by atoms with Gasteiger partial charge in [-0.1, -0.05) is 26.2 Å². The lowest BCUT2D eigenvalue weighted by atomic mass is 9.87. The highest BCUT2D eigenvalue weighted by Gasteiger charge is 2.26. The van der Waals surface area contributed by atoms with E-state index in [-0.39, 0.29) is 17.3 Å². The maximum atomic E-state index is 13.7. The molecule has 0 radical (unpaired) electrons. The summed E-state index contributed by atoms with van der Waals surface area (Å²) in [4.78, 5) is 17.7. The van der Waals surface area contributed by atoms with Crippen molar-refractivity contribution in [1.82, 2.24) is 24.4 Å². The molecule has 8 nitrogen and oxygen atoms in total. The van der Waals surface area contributed by atoms with Crippen LogP contribution in [-0.4, -0.2) is 36.3 Å². The minimum atomic E-state index is -2.78. The number of nitrogens with one attached hydrogen (secondary N) is 2. The summed E-state index contributed by atoms with van der Waals surface area (Å²) >= 11 is 0. The van der Waals surface area contributed by atoms with Crippen molar-refractivity contribution in [2.75, 3.05) is 10.6 Å². The van der Waals surface area contributed by atoms with E-state index in [4.69, 9.17) is 0 Å². The zero-order valence-electron chi connectivity index (χ0n) is 19.4. The van der Waals surface area contributed by atoms with Crippen LogP contribution in [0.3, 0.4) is 0 Å². The van der Waals surface area contributed by atoms with Gasteiger partial charge in [0.05, 0.1) is 17.9 Å². The molecule has 5 rings (SSSR count). The molecule has 0 spiro atoms. The van der Waals surface area contributed by atoms with Gasteiger partial charge in [-0.05, 0) is 50.5 Å². The van der Waals surface area contributed by atoms with Gasteiger partial charge in [0.2, 0.25) is 0 Å². The summed E-state index contributed by atoms with van der Waals surface area (Å²) in [6.07, 6.45) is 11.6. The van der Waals surface area contributed by atoms with Crippen molar-refractivity contribution in [3.8, 4) is 0 Å². The molecule has 2 N–H and O–H groups in total. The summed E-state index contributed by atoms with van der Waals surface area (Å²) in [6, 6.07) is 2.28. The summed E-state index contributed by atoms with van der Waals surface area (Å²) < 4.78 is 30.6. The number of hydrogen-bond acceptors (Lipinski definition) is 5. The van der Waals surface area contributed by atoms with Gasteiger partial charge < -0.3 is 10.6 Å². The number of amides is 1. The van der Waals surface area contributed by atoms with Crippen LogP contribution in [-0.2, 0) is 0 Å². The Morgan fingerprint density at radius 2 is 1.88 bits per heavy atom. The fraction of sp³-hybridized carbons (Fsp3) is 0.583. The molecule has 0 unspecified atom stereocenters. The Bertz CT molecular complexity index is 1140. The topological polar surface area (TPSA) is 89.1 Å². The van der Waals surface area contributed by atoms with E-state index in [1.54, 1.807) is 10.9 Å². The predicted molar refractivity (Wildman–Crippen MR) is 125 cm³/mol. The van der Waals surface area contributed by atoms with Gasteiger partial charge in [-0.3, -0.25) is 9.48 Å². The van der Waals surface area contributed by atoms with Crippen LogP contribution < -0.4 is 10.6 Å². The molecular formula is C24H31F2N7O. The van der Waals surface area contributed by atoms with Crippen LogP contribution >= 0.6 is 0 Å². The smallest absolute Gasteiger partial charge is 0.284 e. The molecule has 1 amide bonds. The number of hydrogen-bond donors (Lipinski definition) is 2. The monoisotopic (exact) mass is 471 g/mol. The molecule has 182 valence electrons. The summed E-state index contributed by atoms with van der Waals surface area (Å²) in [5.41, 5.74) is 0.239.